The van der Waals surface area contributed by atoms with E-state index in [9.17, 15) is 0 Å². The van der Waals surface area contributed by atoms with Crippen LogP contribution in [0.5, 0.6) is 0 Å². The number of furan rings is 1. The Morgan fingerprint density at radius 3 is 2.62 bits per heavy atom. The standard InChI is InChI=1S/C21H24N4O/c1-16-9-11-25(12-10-16)20-14-19(17-6-3-2-4-7-17)23-21(24-20)22-15-18-8-5-13-26-18/h2-8,13-14,16H,9-12,15H2,1H3,(H,22,23,24). The largest absolute Gasteiger partial charge is 0.467 e. The molecule has 2 aromatic heterocycles. The number of aromatic nitrogens is 2. The second kappa shape index (κ2) is 7.60. The summed E-state index contributed by atoms with van der Waals surface area (Å²) in [5.41, 5.74) is 2.04. The van der Waals surface area contributed by atoms with E-state index >= 15 is 0 Å². The lowest BCUT2D eigenvalue weighted by molar-refractivity contribution is 0.436. The maximum Gasteiger partial charge on any atom is 0.225 e. The fourth-order valence-electron chi connectivity index (χ4n) is 3.25. The fraction of sp³-hybridized carbons (Fsp3) is 0.333. The summed E-state index contributed by atoms with van der Waals surface area (Å²) < 4.78 is 5.40. The van der Waals surface area contributed by atoms with Gasteiger partial charge in [0.25, 0.3) is 0 Å². The number of rotatable bonds is 5. The predicted molar refractivity (Wildman–Crippen MR) is 104 cm³/mol. The molecule has 1 saturated heterocycles. The molecule has 5 nitrogen and oxygen atoms in total. The molecule has 5 heteroatoms. The highest BCUT2D eigenvalue weighted by atomic mass is 16.3. The smallest absolute Gasteiger partial charge is 0.225 e. The van der Waals surface area contributed by atoms with Crippen LogP contribution in [0.15, 0.2) is 59.2 Å². The Hall–Kier alpha value is -2.82. The van der Waals surface area contributed by atoms with Gasteiger partial charge in [-0.2, -0.15) is 4.98 Å². The summed E-state index contributed by atoms with van der Waals surface area (Å²) in [5.74, 6) is 3.29. The van der Waals surface area contributed by atoms with Crippen molar-refractivity contribution < 1.29 is 4.42 Å². The number of piperidine rings is 1. The van der Waals surface area contributed by atoms with Crippen LogP contribution in [0.25, 0.3) is 11.3 Å². The number of nitrogens with zero attached hydrogens (tertiary/aromatic N) is 3. The Bertz CT molecular complexity index is 824. The van der Waals surface area contributed by atoms with Gasteiger partial charge in [-0.1, -0.05) is 37.3 Å². The maximum absolute atomic E-state index is 5.40. The molecular weight excluding hydrogens is 324 g/mol. The lowest BCUT2D eigenvalue weighted by Gasteiger charge is -2.31. The van der Waals surface area contributed by atoms with Crippen LogP contribution < -0.4 is 10.2 Å². The van der Waals surface area contributed by atoms with E-state index in [1.807, 2.05) is 30.3 Å². The Labute approximate surface area is 154 Å². The molecule has 0 unspecified atom stereocenters. The van der Waals surface area contributed by atoms with Crippen molar-refractivity contribution in [2.45, 2.75) is 26.3 Å². The van der Waals surface area contributed by atoms with Crippen molar-refractivity contribution in [3.63, 3.8) is 0 Å². The Kier molecular flexibility index (Phi) is 4.86. The van der Waals surface area contributed by atoms with E-state index in [0.29, 0.717) is 12.5 Å². The van der Waals surface area contributed by atoms with Crippen molar-refractivity contribution in [3.05, 3.63) is 60.6 Å². The zero-order chi connectivity index (χ0) is 17.8. The van der Waals surface area contributed by atoms with Crippen LogP contribution in [-0.2, 0) is 6.54 Å². The van der Waals surface area contributed by atoms with Gasteiger partial charge in [0.05, 0.1) is 18.5 Å². The van der Waals surface area contributed by atoms with E-state index in [4.69, 9.17) is 14.4 Å². The highest BCUT2D eigenvalue weighted by molar-refractivity contribution is 5.64. The second-order valence-corrected chi connectivity index (χ2v) is 6.90. The van der Waals surface area contributed by atoms with Crippen molar-refractivity contribution in [3.8, 4) is 11.3 Å². The summed E-state index contributed by atoms with van der Waals surface area (Å²) in [6.07, 6.45) is 4.10. The molecule has 1 aliphatic rings. The summed E-state index contributed by atoms with van der Waals surface area (Å²) in [5, 5.41) is 3.30. The van der Waals surface area contributed by atoms with Gasteiger partial charge in [0, 0.05) is 24.7 Å². The molecule has 4 rings (SSSR count). The van der Waals surface area contributed by atoms with Crippen LogP contribution in [0.2, 0.25) is 0 Å². The predicted octanol–water partition coefficient (Wildman–Crippen LogP) is 4.59. The molecule has 3 heterocycles. The molecule has 26 heavy (non-hydrogen) atoms. The SMILES string of the molecule is CC1CCN(c2cc(-c3ccccc3)nc(NCc3ccco3)n2)CC1. The monoisotopic (exact) mass is 348 g/mol. The molecule has 0 saturated carbocycles. The number of nitrogens with one attached hydrogen (secondary N) is 1. The quantitative estimate of drug-likeness (QED) is 0.731. The van der Waals surface area contributed by atoms with Crippen LogP contribution in [0.3, 0.4) is 0 Å². The van der Waals surface area contributed by atoms with Crippen molar-refractivity contribution in [2.24, 2.45) is 5.92 Å². The van der Waals surface area contributed by atoms with Crippen LogP contribution in [-0.4, -0.2) is 23.1 Å². The van der Waals surface area contributed by atoms with E-state index in [1.165, 1.54) is 12.8 Å². The third kappa shape index (κ3) is 3.87. The summed E-state index contributed by atoms with van der Waals surface area (Å²) in [6.45, 7) is 4.98. The molecule has 0 bridgehead atoms. The number of benzene rings is 1. The molecule has 0 spiro atoms. The van der Waals surface area contributed by atoms with E-state index in [1.54, 1.807) is 6.26 Å². The molecule has 134 valence electrons. The average molecular weight is 348 g/mol. The molecule has 1 fully saturated rings. The van der Waals surface area contributed by atoms with E-state index in [-0.39, 0.29) is 0 Å². The minimum absolute atomic E-state index is 0.571. The van der Waals surface area contributed by atoms with Gasteiger partial charge in [-0.3, -0.25) is 0 Å². The van der Waals surface area contributed by atoms with Gasteiger partial charge in [0.2, 0.25) is 5.95 Å². The van der Waals surface area contributed by atoms with Crippen LogP contribution in [0.4, 0.5) is 11.8 Å². The van der Waals surface area contributed by atoms with Gasteiger partial charge in [0.15, 0.2) is 0 Å². The van der Waals surface area contributed by atoms with Crippen molar-refractivity contribution in [2.75, 3.05) is 23.3 Å². The zero-order valence-corrected chi connectivity index (χ0v) is 15.1. The normalized spacial score (nSPS) is 15.2. The topological polar surface area (TPSA) is 54.2 Å². The first kappa shape index (κ1) is 16.6. The first-order chi connectivity index (χ1) is 12.8. The average Bonchev–Trinajstić information content (AvgIpc) is 3.21. The summed E-state index contributed by atoms with van der Waals surface area (Å²) in [4.78, 5) is 11.9. The van der Waals surface area contributed by atoms with Crippen LogP contribution in [0, 0.1) is 5.92 Å². The second-order valence-electron chi connectivity index (χ2n) is 6.90. The molecule has 3 aromatic rings. The third-order valence-corrected chi connectivity index (χ3v) is 4.89. The van der Waals surface area contributed by atoms with E-state index in [0.717, 1.165) is 41.8 Å². The van der Waals surface area contributed by atoms with Gasteiger partial charge < -0.3 is 14.6 Å². The molecule has 0 radical (unpaired) electrons. The Morgan fingerprint density at radius 1 is 1.08 bits per heavy atom. The van der Waals surface area contributed by atoms with Gasteiger partial charge in [-0.15, -0.1) is 0 Å². The minimum Gasteiger partial charge on any atom is -0.467 e. The first-order valence-electron chi connectivity index (χ1n) is 9.23. The van der Waals surface area contributed by atoms with Crippen molar-refractivity contribution >= 4 is 11.8 Å². The van der Waals surface area contributed by atoms with Gasteiger partial charge in [-0.05, 0) is 30.9 Å². The minimum atomic E-state index is 0.571. The molecular formula is C21H24N4O. The fourth-order valence-corrected chi connectivity index (χ4v) is 3.25. The molecule has 0 atom stereocenters. The van der Waals surface area contributed by atoms with Crippen LogP contribution >= 0.6 is 0 Å². The number of hydrogen-bond acceptors (Lipinski definition) is 5. The van der Waals surface area contributed by atoms with Gasteiger partial charge >= 0.3 is 0 Å². The summed E-state index contributed by atoms with van der Waals surface area (Å²) >= 11 is 0. The molecule has 1 N–H and O–H groups in total. The zero-order valence-electron chi connectivity index (χ0n) is 15.1. The lowest BCUT2D eigenvalue weighted by atomic mass is 9.99. The highest BCUT2D eigenvalue weighted by Crippen LogP contribution is 2.27. The third-order valence-electron chi connectivity index (χ3n) is 4.89. The van der Waals surface area contributed by atoms with Crippen molar-refractivity contribution in [1.82, 2.24) is 9.97 Å². The van der Waals surface area contributed by atoms with Gasteiger partial charge in [0.1, 0.15) is 11.6 Å². The molecule has 1 aromatic carbocycles. The number of hydrogen-bond donors (Lipinski definition) is 1. The van der Waals surface area contributed by atoms with Gasteiger partial charge in [-0.25, -0.2) is 4.98 Å². The lowest BCUT2D eigenvalue weighted by Crippen LogP contribution is -2.33. The van der Waals surface area contributed by atoms with E-state index < -0.39 is 0 Å². The summed E-state index contributed by atoms with van der Waals surface area (Å²) in [6, 6.07) is 16.2. The van der Waals surface area contributed by atoms with E-state index in [2.05, 4.69) is 35.3 Å². The maximum atomic E-state index is 5.40. The van der Waals surface area contributed by atoms with Crippen molar-refractivity contribution in [1.29, 1.82) is 0 Å². The summed E-state index contributed by atoms with van der Waals surface area (Å²) in [7, 11) is 0. The molecule has 1 aliphatic heterocycles. The Balaban J connectivity index is 1.62. The first-order valence-corrected chi connectivity index (χ1v) is 9.23. The number of anilines is 2. The Morgan fingerprint density at radius 2 is 1.88 bits per heavy atom. The molecule has 0 amide bonds. The van der Waals surface area contributed by atoms with Crippen LogP contribution in [0.1, 0.15) is 25.5 Å². The highest BCUT2D eigenvalue weighted by Gasteiger charge is 2.19. The molecule has 0 aliphatic carbocycles.